The second kappa shape index (κ2) is 8.49. The summed E-state index contributed by atoms with van der Waals surface area (Å²) in [6.45, 7) is 2.04. The van der Waals surface area contributed by atoms with E-state index < -0.39 is 5.91 Å². The van der Waals surface area contributed by atoms with Crippen LogP contribution in [0.15, 0.2) is 24.5 Å². The highest BCUT2D eigenvalue weighted by atomic mass is 19.1. The van der Waals surface area contributed by atoms with Gasteiger partial charge in [0.1, 0.15) is 29.6 Å². The van der Waals surface area contributed by atoms with E-state index in [1.807, 2.05) is 6.92 Å². The number of benzene rings is 1. The highest BCUT2D eigenvalue weighted by Gasteiger charge is 2.32. The average Bonchev–Trinajstić information content (AvgIpc) is 2.85. The first kappa shape index (κ1) is 21.0. The van der Waals surface area contributed by atoms with Crippen LogP contribution in [0.4, 0.5) is 15.9 Å². The molecule has 164 valence electrons. The van der Waals surface area contributed by atoms with Crippen molar-refractivity contribution < 1.29 is 18.7 Å². The first-order valence-corrected chi connectivity index (χ1v) is 10.5. The SMILES string of the molecule is C[C@@H]1CN(c2ccc(C3CCC(CC(N)=O)CC3)c(F)c2)C(=O)c2c(N)ncnc2O1. The normalized spacial score (nSPS) is 23.6. The molecule has 1 atom stereocenters. The maximum Gasteiger partial charge on any atom is 0.267 e. The van der Waals surface area contributed by atoms with Crippen LogP contribution in [0.3, 0.4) is 0 Å². The lowest BCUT2D eigenvalue weighted by atomic mass is 9.77. The molecule has 1 aliphatic carbocycles. The molecule has 0 spiro atoms. The molecule has 1 aliphatic heterocycles. The van der Waals surface area contributed by atoms with Crippen molar-refractivity contribution in [2.45, 2.75) is 51.0 Å². The van der Waals surface area contributed by atoms with Crippen LogP contribution < -0.4 is 21.1 Å². The molecule has 4 N–H and O–H groups in total. The van der Waals surface area contributed by atoms with Crippen molar-refractivity contribution in [3.05, 3.63) is 41.5 Å². The summed E-state index contributed by atoms with van der Waals surface area (Å²) in [5.74, 6) is -0.524. The third kappa shape index (κ3) is 4.30. The fourth-order valence-electron chi connectivity index (χ4n) is 4.58. The van der Waals surface area contributed by atoms with Crippen molar-refractivity contribution in [3.63, 3.8) is 0 Å². The van der Waals surface area contributed by atoms with Gasteiger partial charge < -0.3 is 21.1 Å². The highest BCUT2D eigenvalue weighted by Crippen LogP contribution is 2.39. The van der Waals surface area contributed by atoms with Crippen LogP contribution in [-0.2, 0) is 4.79 Å². The molecule has 1 fully saturated rings. The van der Waals surface area contributed by atoms with E-state index in [1.165, 1.54) is 17.3 Å². The van der Waals surface area contributed by atoms with E-state index in [9.17, 15) is 9.59 Å². The van der Waals surface area contributed by atoms with E-state index in [0.29, 0.717) is 17.7 Å². The minimum absolute atomic E-state index is 0.0268. The summed E-state index contributed by atoms with van der Waals surface area (Å²) < 4.78 is 20.8. The van der Waals surface area contributed by atoms with Gasteiger partial charge in [0.2, 0.25) is 11.8 Å². The molecule has 31 heavy (non-hydrogen) atoms. The molecular weight excluding hydrogens is 401 g/mol. The Balaban J connectivity index is 1.56. The number of nitrogens with two attached hydrogens (primary N) is 2. The molecular formula is C22H26FN5O3. The van der Waals surface area contributed by atoms with Crippen LogP contribution in [0.2, 0.25) is 0 Å². The van der Waals surface area contributed by atoms with Gasteiger partial charge in [0.25, 0.3) is 5.91 Å². The van der Waals surface area contributed by atoms with E-state index in [-0.39, 0.29) is 53.5 Å². The number of nitrogen functional groups attached to an aromatic ring is 1. The molecule has 0 radical (unpaired) electrons. The number of primary amides is 1. The molecule has 1 saturated carbocycles. The summed E-state index contributed by atoms with van der Waals surface area (Å²) in [5.41, 5.74) is 12.3. The fourth-order valence-corrected chi connectivity index (χ4v) is 4.58. The smallest absolute Gasteiger partial charge is 0.267 e. The standard InChI is InChI=1S/C22H26FN5O3/c1-12-10-28(22(30)19-20(25)26-11-27-21(19)31-12)15-6-7-16(17(23)9-15)14-4-2-13(3-5-14)8-18(24)29/h6-7,9,11-14H,2-5,8,10H2,1H3,(H2,24,29)(H2,25,26,27)/t12-,13?,14?/m1/s1. The van der Waals surface area contributed by atoms with E-state index in [0.717, 1.165) is 25.7 Å². The number of halogens is 1. The highest BCUT2D eigenvalue weighted by molar-refractivity contribution is 6.10. The Morgan fingerprint density at radius 1 is 1.26 bits per heavy atom. The van der Waals surface area contributed by atoms with Crippen molar-refractivity contribution in [1.82, 2.24) is 9.97 Å². The van der Waals surface area contributed by atoms with Gasteiger partial charge >= 0.3 is 0 Å². The number of rotatable bonds is 4. The third-order valence-electron chi connectivity index (χ3n) is 6.13. The molecule has 0 saturated heterocycles. The van der Waals surface area contributed by atoms with Crippen LogP contribution in [0.25, 0.3) is 0 Å². The number of carbonyl (C=O) groups excluding carboxylic acids is 2. The maximum absolute atomic E-state index is 15.1. The van der Waals surface area contributed by atoms with Gasteiger partial charge in [-0.15, -0.1) is 0 Å². The Bertz CT molecular complexity index is 1010. The molecule has 2 heterocycles. The van der Waals surface area contributed by atoms with Crippen molar-refractivity contribution in [2.24, 2.45) is 11.7 Å². The summed E-state index contributed by atoms with van der Waals surface area (Å²) >= 11 is 0. The Hall–Kier alpha value is -3.23. The van der Waals surface area contributed by atoms with Gasteiger partial charge in [0.05, 0.1) is 6.54 Å². The summed E-state index contributed by atoms with van der Waals surface area (Å²) in [6, 6.07) is 4.89. The fraction of sp³-hybridized carbons (Fsp3) is 0.455. The van der Waals surface area contributed by atoms with Gasteiger partial charge in [-0.2, -0.15) is 0 Å². The number of nitrogens with zero attached hydrogens (tertiary/aromatic N) is 3. The molecule has 2 amide bonds. The second-order valence-electron chi connectivity index (χ2n) is 8.38. The number of aromatic nitrogens is 2. The van der Waals surface area contributed by atoms with Gasteiger partial charge in [-0.25, -0.2) is 14.4 Å². The van der Waals surface area contributed by atoms with Gasteiger partial charge in [-0.05, 0) is 62.1 Å². The average molecular weight is 427 g/mol. The van der Waals surface area contributed by atoms with Crippen LogP contribution in [0.5, 0.6) is 5.88 Å². The topological polar surface area (TPSA) is 124 Å². The molecule has 0 bridgehead atoms. The van der Waals surface area contributed by atoms with Gasteiger partial charge in [-0.1, -0.05) is 6.07 Å². The first-order chi connectivity index (χ1) is 14.8. The number of hydrogen-bond acceptors (Lipinski definition) is 6. The van der Waals surface area contributed by atoms with Crippen LogP contribution >= 0.6 is 0 Å². The molecule has 9 heteroatoms. The number of fused-ring (bicyclic) bond motifs is 1. The predicted octanol–water partition coefficient (Wildman–Crippen LogP) is 2.77. The van der Waals surface area contributed by atoms with E-state index >= 15 is 4.39 Å². The van der Waals surface area contributed by atoms with Crippen LogP contribution in [0.1, 0.15) is 60.9 Å². The molecule has 4 rings (SSSR count). The zero-order valence-corrected chi connectivity index (χ0v) is 17.4. The minimum atomic E-state index is -0.420. The second-order valence-corrected chi connectivity index (χ2v) is 8.38. The van der Waals surface area contributed by atoms with E-state index in [2.05, 4.69) is 9.97 Å². The third-order valence-corrected chi connectivity index (χ3v) is 6.13. The summed E-state index contributed by atoms with van der Waals surface area (Å²) in [5, 5.41) is 0. The number of amides is 2. The summed E-state index contributed by atoms with van der Waals surface area (Å²) in [4.78, 5) is 33.7. The quantitative estimate of drug-likeness (QED) is 0.773. The number of hydrogen-bond donors (Lipinski definition) is 2. The lowest BCUT2D eigenvalue weighted by molar-refractivity contribution is -0.119. The lowest BCUT2D eigenvalue weighted by Gasteiger charge is -2.29. The van der Waals surface area contributed by atoms with Gasteiger partial charge in [0, 0.05) is 12.1 Å². The largest absolute Gasteiger partial charge is 0.472 e. The summed E-state index contributed by atoms with van der Waals surface area (Å²) in [6.07, 6.45) is 4.60. The summed E-state index contributed by atoms with van der Waals surface area (Å²) in [7, 11) is 0. The van der Waals surface area contributed by atoms with E-state index in [4.69, 9.17) is 16.2 Å². The van der Waals surface area contributed by atoms with E-state index in [1.54, 1.807) is 12.1 Å². The van der Waals surface area contributed by atoms with Crippen molar-refractivity contribution >= 4 is 23.3 Å². The monoisotopic (exact) mass is 427 g/mol. The van der Waals surface area contributed by atoms with Crippen molar-refractivity contribution in [2.75, 3.05) is 17.2 Å². The Morgan fingerprint density at radius 2 is 2.00 bits per heavy atom. The molecule has 8 nitrogen and oxygen atoms in total. The number of anilines is 2. The van der Waals surface area contributed by atoms with Crippen molar-refractivity contribution in [3.8, 4) is 5.88 Å². The minimum Gasteiger partial charge on any atom is -0.472 e. The van der Waals surface area contributed by atoms with Gasteiger partial charge in [-0.3, -0.25) is 9.59 Å². The van der Waals surface area contributed by atoms with Gasteiger partial charge in [0.15, 0.2) is 0 Å². The zero-order chi connectivity index (χ0) is 22.1. The Morgan fingerprint density at radius 3 is 2.68 bits per heavy atom. The molecule has 2 aliphatic rings. The maximum atomic E-state index is 15.1. The Kier molecular flexibility index (Phi) is 5.75. The Labute approximate surface area is 179 Å². The predicted molar refractivity (Wildman–Crippen MR) is 113 cm³/mol. The zero-order valence-electron chi connectivity index (χ0n) is 17.4. The molecule has 1 aromatic heterocycles. The first-order valence-electron chi connectivity index (χ1n) is 10.5. The molecule has 1 aromatic carbocycles. The number of carbonyl (C=O) groups is 2. The molecule has 0 unspecified atom stereocenters. The van der Waals surface area contributed by atoms with Crippen LogP contribution in [0, 0.1) is 11.7 Å². The van der Waals surface area contributed by atoms with Crippen molar-refractivity contribution in [1.29, 1.82) is 0 Å². The number of ether oxygens (including phenoxy) is 1. The van der Waals surface area contributed by atoms with Crippen LogP contribution in [-0.4, -0.2) is 34.4 Å². The lowest BCUT2D eigenvalue weighted by Crippen LogP contribution is -2.36. The molecule has 2 aromatic rings.